The Morgan fingerprint density at radius 2 is 1.94 bits per heavy atom. The zero-order valence-electron chi connectivity index (χ0n) is 9.46. The fraction of sp³-hybridized carbons (Fsp3) is 0.636. The fourth-order valence-corrected chi connectivity index (χ4v) is 3.46. The van der Waals surface area contributed by atoms with Gasteiger partial charge >= 0.3 is 0 Å². The minimum Gasteiger partial charge on any atom is -0.323 e. The van der Waals surface area contributed by atoms with E-state index in [4.69, 9.17) is 0 Å². The fourth-order valence-electron chi connectivity index (χ4n) is 2.28. The topological polar surface area (TPSA) is 51.1 Å². The number of sulfone groups is 1. The Morgan fingerprint density at radius 1 is 1.25 bits per heavy atom. The molecular weight excluding hydrogens is 224 g/mol. The van der Waals surface area contributed by atoms with Gasteiger partial charge in [-0.2, -0.15) is 0 Å². The third-order valence-corrected chi connectivity index (χ3v) is 4.81. The first-order valence-corrected chi connectivity index (χ1v) is 7.59. The lowest BCUT2D eigenvalue weighted by Gasteiger charge is -2.29. The van der Waals surface area contributed by atoms with E-state index in [0.717, 1.165) is 25.7 Å². The lowest BCUT2D eigenvalue weighted by atomic mass is 9.95. The highest BCUT2D eigenvalue weighted by Crippen LogP contribution is 2.24. The van der Waals surface area contributed by atoms with Crippen molar-refractivity contribution in [2.45, 2.75) is 37.0 Å². The summed E-state index contributed by atoms with van der Waals surface area (Å²) in [6, 6.07) is 4.16. The van der Waals surface area contributed by atoms with Crippen molar-refractivity contribution >= 4 is 9.84 Å². The Bertz CT molecular complexity index is 425. The van der Waals surface area contributed by atoms with E-state index < -0.39 is 9.84 Å². The van der Waals surface area contributed by atoms with Crippen LogP contribution in [0.2, 0.25) is 0 Å². The highest BCUT2D eigenvalue weighted by Gasteiger charge is 2.28. The van der Waals surface area contributed by atoms with E-state index in [1.165, 1.54) is 6.26 Å². The van der Waals surface area contributed by atoms with E-state index >= 15 is 0 Å². The standard InChI is InChI=1S/C11H18N2O2S/c1-16(14,15)11-6-4-5-10(9-11)12-13-7-2-3-8-13/h2-3,7-8,10-12H,4-6,9H2,1H3. The first-order chi connectivity index (χ1) is 7.55. The van der Waals surface area contributed by atoms with Crippen molar-refractivity contribution in [3.63, 3.8) is 0 Å². The minimum atomic E-state index is -2.89. The van der Waals surface area contributed by atoms with Crippen molar-refractivity contribution in [2.75, 3.05) is 11.7 Å². The average Bonchev–Trinajstić information content (AvgIpc) is 2.70. The smallest absolute Gasteiger partial charge is 0.150 e. The summed E-state index contributed by atoms with van der Waals surface area (Å²) in [6.07, 6.45) is 8.77. The first kappa shape index (κ1) is 11.5. The van der Waals surface area contributed by atoms with Gasteiger partial charge < -0.3 is 5.43 Å². The molecule has 1 aromatic rings. The van der Waals surface area contributed by atoms with Gasteiger partial charge in [0.05, 0.1) is 5.25 Å². The minimum absolute atomic E-state index is 0.172. The van der Waals surface area contributed by atoms with Gasteiger partial charge in [-0.1, -0.05) is 6.42 Å². The summed E-state index contributed by atoms with van der Waals surface area (Å²) in [5, 5.41) is -0.172. The van der Waals surface area contributed by atoms with Crippen LogP contribution >= 0.6 is 0 Å². The third-order valence-electron chi connectivity index (χ3n) is 3.17. The number of nitrogens with one attached hydrogen (secondary N) is 1. The highest BCUT2D eigenvalue weighted by atomic mass is 32.2. The maximum Gasteiger partial charge on any atom is 0.150 e. The molecule has 0 radical (unpaired) electrons. The van der Waals surface area contributed by atoms with Gasteiger partial charge in [-0.15, -0.1) is 0 Å². The normalized spacial score (nSPS) is 26.6. The third kappa shape index (κ3) is 2.78. The molecule has 1 aromatic heterocycles. The van der Waals surface area contributed by atoms with Gasteiger partial charge in [0.2, 0.25) is 0 Å². The molecule has 2 rings (SSSR count). The van der Waals surface area contributed by atoms with Gasteiger partial charge in [0.1, 0.15) is 9.84 Å². The van der Waals surface area contributed by atoms with Gasteiger partial charge in [-0.3, -0.25) is 4.68 Å². The highest BCUT2D eigenvalue weighted by molar-refractivity contribution is 7.91. The summed E-state index contributed by atoms with van der Waals surface area (Å²) in [5.74, 6) is 0. The van der Waals surface area contributed by atoms with E-state index in [0.29, 0.717) is 0 Å². The molecule has 2 unspecified atom stereocenters. The zero-order chi connectivity index (χ0) is 11.6. The van der Waals surface area contributed by atoms with Crippen LogP contribution in [-0.4, -0.2) is 30.6 Å². The molecule has 90 valence electrons. The molecule has 1 saturated carbocycles. The molecule has 0 aromatic carbocycles. The van der Waals surface area contributed by atoms with Gasteiger partial charge in [-0.25, -0.2) is 8.42 Å². The molecule has 1 heterocycles. The Hall–Kier alpha value is -0.970. The van der Waals surface area contributed by atoms with Crippen LogP contribution in [0.1, 0.15) is 25.7 Å². The number of rotatable bonds is 3. The van der Waals surface area contributed by atoms with E-state index in [1.54, 1.807) is 0 Å². The number of hydrogen-bond acceptors (Lipinski definition) is 3. The first-order valence-electron chi connectivity index (χ1n) is 5.64. The van der Waals surface area contributed by atoms with Crippen LogP contribution in [-0.2, 0) is 9.84 Å². The van der Waals surface area contributed by atoms with Crippen molar-refractivity contribution in [1.29, 1.82) is 0 Å². The molecule has 0 saturated heterocycles. The maximum atomic E-state index is 11.5. The largest absolute Gasteiger partial charge is 0.323 e. The second-order valence-corrected chi connectivity index (χ2v) is 6.86. The van der Waals surface area contributed by atoms with Crippen LogP contribution in [0.5, 0.6) is 0 Å². The number of aromatic nitrogens is 1. The molecule has 1 N–H and O–H groups in total. The van der Waals surface area contributed by atoms with Crippen LogP contribution in [0.25, 0.3) is 0 Å². The Kier molecular flexibility index (Phi) is 3.23. The summed E-state index contributed by atoms with van der Waals surface area (Å²) in [5.41, 5.74) is 3.32. The predicted molar refractivity (Wildman–Crippen MR) is 64.7 cm³/mol. The second-order valence-electron chi connectivity index (χ2n) is 4.53. The van der Waals surface area contributed by atoms with Gasteiger partial charge in [0.25, 0.3) is 0 Å². The SMILES string of the molecule is CS(=O)(=O)C1CCCC(Nn2cccc2)C1. The van der Waals surface area contributed by atoms with E-state index in [9.17, 15) is 8.42 Å². The molecule has 0 bridgehead atoms. The average molecular weight is 242 g/mol. The monoisotopic (exact) mass is 242 g/mol. The molecule has 1 aliphatic rings. The summed E-state index contributed by atoms with van der Waals surface area (Å²) in [4.78, 5) is 0. The summed E-state index contributed by atoms with van der Waals surface area (Å²) < 4.78 is 24.9. The molecule has 1 aliphatic carbocycles. The van der Waals surface area contributed by atoms with E-state index in [2.05, 4.69) is 5.43 Å². The number of hydrogen-bond donors (Lipinski definition) is 1. The molecule has 2 atom stereocenters. The van der Waals surface area contributed by atoms with Crippen molar-refractivity contribution in [3.8, 4) is 0 Å². The summed E-state index contributed by atoms with van der Waals surface area (Å²) in [6.45, 7) is 0. The molecule has 0 amide bonds. The van der Waals surface area contributed by atoms with Crippen LogP contribution in [0.15, 0.2) is 24.5 Å². The molecule has 4 nitrogen and oxygen atoms in total. The zero-order valence-corrected chi connectivity index (χ0v) is 10.3. The molecule has 5 heteroatoms. The van der Waals surface area contributed by atoms with Crippen LogP contribution in [0.3, 0.4) is 0 Å². The Balaban J connectivity index is 1.97. The van der Waals surface area contributed by atoms with Gasteiger partial charge in [0.15, 0.2) is 0 Å². The van der Waals surface area contributed by atoms with Crippen molar-refractivity contribution < 1.29 is 8.42 Å². The summed E-state index contributed by atoms with van der Waals surface area (Å²) in [7, 11) is -2.89. The quantitative estimate of drug-likeness (QED) is 0.871. The van der Waals surface area contributed by atoms with Crippen LogP contribution in [0, 0.1) is 0 Å². The van der Waals surface area contributed by atoms with Crippen LogP contribution < -0.4 is 5.43 Å². The lowest BCUT2D eigenvalue weighted by molar-refractivity contribution is 0.432. The van der Waals surface area contributed by atoms with E-state index in [1.807, 2.05) is 29.2 Å². The number of nitrogens with zero attached hydrogens (tertiary/aromatic N) is 1. The maximum absolute atomic E-state index is 11.5. The Morgan fingerprint density at radius 3 is 2.56 bits per heavy atom. The second kappa shape index (κ2) is 4.49. The summed E-state index contributed by atoms with van der Waals surface area (Å²) >= 11 is 0. The molecule has 0 spiro atoms. The van der Waals surface area contributed by atoms with Crippen molar-refractivity contribution in [3.05, 3.63) is 24.5 Å². The van der Waals surface area contributed by atoms with Gasteiger partial charge in [0, 0.05) is 24.7 Å². The molecule has 16 heavy (non-hydrogen) atoms. The molecule has 1 fully saturated rings. The molecule has 0 aliphatic heterocycles. The van der Waals surface area contributed by atoms with Crippen LogP contribution in [0.4, 0.5) is 0 Å². The van der Waals surface area contributed by atoms with Crippen molar-refractivity contribution in [1.82, 2.24) is 4.68 Å². The Labute approximate surface area is 96.5 Å². The lowest BCUT2D eigenvalue weighted by Crippen LogP contribution is -2.37. The molecular formula is C11H18N2O2S. The van der Waals surface area contributed by atoms with Crippen molar-refractivity contribution in [2.24, 2.45) is 0 Å². The van der Waals surface area contributed by atoms with Gasteiger partial charge in [-0.05, 0) is 31.4 Å². The predicted octanol–water partition coefficient (Wildman–Crippen LogP) is 1.39. The van der Waals surface area contributed by atoms with E-state index in [-0.39, 0.29) is 11.3 Å².